The topological polar surface area (TPSA) is 134 Å². The maximum atomic E-state index is 13.4. The summed E-state index contributed by atoms with van der Waals surface area (Å²) < 4.78 is 12.1. The van der Waals surface area contributed by atoms with Gasteiger partial charge in [0.2, 0.25) is 0 Å². The van der Waals surface area contributed by atoms with Crippen LogP contribution in [0.2, 0.25) is 0 Å². The maximum Gasteiger partial charge on any atom is 0.340 e. The van der Waals surface area contributed by atoms with Crippen LogP contribution in [0.1, 0.15) is 64.5 Å². The molecule has 46 heavy (non-hydrogen) atoms. The number of aryl methyl sites for hydroxylation is 1. The molecule has 7 rings (SSSR count). The fraction of sp³-hybridized carbons (Fsp3) is 0.108. The Morgan fingerprint density at radius 3 is 1.91 bits per heavy atom. The van der Waals surface area contributed by atoms with E-state index in [2.05, 4.69) is 10.6 Å². The van der Waals surface area contributed by atoms with Gasteiger partial charge < -0.3 is 30.3 Å². The average Bonchev–Trinajstić information content (AvgIpc) is 3.34. The number of carbonyl (C=O) groups is 3. The highest BCUT2D eigenvalue weighted by atomic mass is 16.6. The SMILES string of the molecule is Cc1ccc(CNC(=O)c2cccc(CNC(=O)c3ccc4c(c3)C(=O)OC43c4ccc(O)cc4Oc4cc(O)ccc43)c2)cc1. The first-order valence-electron chi connectivity index (χ1n) is 14.6. The van der Waals surface area contributed by atoms with Gasteiger partial charge >= 0.3 is 5.97 Å². The predicted octanol–water partition coefficient (Wildman–Crippen LogP) is 5.83. The van der Waals surface area contributed by atoms with E-state index in [1.54, 1.807) is 42.5 Å². The molecule has 0 saturated heterocycles. The standard InChI is InChI=1S/C37H28N2O7/c1-21-5-7-22(8-6-21)19-38-34(42)24-4-2-3-23(15-24)20-39-35(43)25-9-12-29-28(16-25)36(44)46-37(29)30-13-10-26(40)17-32(30)45-33-18-27(41)11-14-31(33)37/h2-18,40-41H,19-20H2,1H3,(H,38,42)(H,39,43). The molecule has 1 spiro atoms. The number of phenolic OH excluding ortho intramolecular Hbond substituents is 2. The zero-order valence-corrected chi connectivity index (χ0v) is 24.7. The van der Waals surface area contributed by atoms with Gasteiger partial charge in [-0.25, -0.2) is 4.79 Å². The zero-order chi connectivity index (χ0) is 32.0. The highest BCUT2D eigenvalue weighted by molar-refractivity contribution is 6.01. The number of hydrogen-bond acceptors (Lipinski definition) is 7. The third kappa shape index (κ3) is 4.97. The molecule has 9 nitrogen and oxygen atoms in total. The minimum Gasteiger partial charge on any atom is -0.508 e. The monoisotopic (exact) mass is 612 g/mol. The number of rotatable bonds is 6. The van der Waals surface area contributed by atoms with Crippen LogP contribution in [0.3, 0.4) is 0 Å². The Kier molecular flexibility index (Phi) is 6.93. The Bertz CT molecular complexity index is 2000. The highest BCUT2D eigenvalue weighted by Gasteiger charge is 2.53. The first-order valence-corrected chi connectivity index (χ1v) is 14.6. The number of amides is 2. The minimum atomic E-state index is -1.41. The van der Waals surface area contributed by atoms with Gasteiger partial charge in [-0.2, -0.15) is 0 Å². The first kappa shape index (κ1) is 28.7. The van der Waals surface area contributed by atoms with Crippen molar-refractivity contribution in [3.63, 3.8) is 0 Å². The molecule has 9 heteroatoms. The van der Waals surface area contributed by atoms with E-state index >= 15 is 0 Å². The number of fused-ring (bicyclic) bond motifs is 6. The number of aromatic hydroxyl groups is 2. The summed E-state index contributed by atoms with van der Waals surface area (Å²) in [6, 6.07) is 28.8. The van der Waals surface area contributed by atoms with Crippen LogP contribution >= 0.6 is 0 Å². The van der Waals surface area contributed by atoms with Crippen molar-refractivity contribution < 1.29 is 34.1 Å². The lowest BCUT2D eigenvalue weighted by Crippen LogP contribution is -2.33. The summed E-state index contributed by atoms with van der Waals surface area (Å²) in [5, 5.41) is 26.0. The van der Waals surface area contributed by atoms with E-state index in [0.717, 1.165) is 16.7 Å². The molecule has 0 bridgehead atoms. The number of ether oxygens (including phenoxy) is 2. The lowest BCUT2D eigenvalue weighted by molar-refractivity contribution is 0.0224. The van der Waals surface area contributed by atoms with Crippen molar-refractivity contribution in [2.24, 2.45) is 0 Å². The van der Waals surface area contributed by atoms with Gasteiger partial charge in [0, 0.05) is 53.0 Å². The lowest BCUT2D eigenvalue weighted by atomic mass is 9.77. The Morgan fingerprint density at radius 1 is 0.674 bits per heavy atom. The number of hydrogen-bond donors (Lipinski definition) is 4. The predicted molar refractivity (Wildman–Crippen MR) is 168 cm³/mol. The number of carbonyl (C=O) groups excluding carboxylic acids is 3. The van der Waals surface area contributed by atoms with Gasteiger partial charge in [-0.1, -0.05) is 48.0 Å². The van der Waals surface area contributed by atoms with E-state index in [1.807, 2.05) is 37.3 Å². The van der Waals surface area contributed by atoms with Crippen molar-refractivity contribution in [1.29, 1.82) is 0 Å². The van der Waals surface area contributed by atoms with E-state index < -0.39 is 17.5 Å². The second-order valence-electron chi connectivity index (χ2n) is 11.3. The molecule has 5 aromatic rings. The molecule has 0 fully saturated rings. The molecule has 4 N–H and O–H groups in total. The van der Waals surface area contributed by atoms with Gasteiger partial charge in [0.15, 0.2) is 5.60 Å². The van der Waals surface area contributed by atoms with Crippen LogP contribution in [-0.4, -0.2) is 28.0 Å². The number of benzene rings is 5. The normalized spacial score (nSPS) is 13.5. The summed E-state index contributed by atoms with van der Waals surface area (Å²) in [4.78, 5) is 39.4. The van der Waals surface area contributed by atoms with Crippen molar-refractivity contribution in [3.8, 4) is 23.0 Å². The molecule has 2 heterocycles. The first-order chi connectivity index (χ1) is 22.2. The number of nitrogens with one attached hydrogen (secondary N) is 2. The highest BCUT2D eigenvalue weighted by Crippen LogP contribution is 2.57. The Labute approximate surface area is 264 Å². The van der Waals surface area contributed by atoms with Crippen LogP contribution in [0.4, 0.5) is 0 Å². The van der Waals surface area contributed by atoms with Crippen LogP contribution in [-0.2, 0) is 23.4 Å². The second-order valence-corrected chi connectivity index (χ2v) is 11.3. The largest absolute Gasteiger partial charge is 0.508 e. The second kappa shape index (κ2) is 11.1. The minimum absolute atomic E-state index is 0.0394. The van der Waals surface area contributed by atoms with Crippen molar-refractivity contribution in [1.82, 2.24) is 10.6 Å². The summed E-state index contributed by atoms with van der Waals surface area (Å²) in [6.45, 7) is 2.57. The molecular weight excluding hydrogens is 584 g/mol. The average molecular weight is 613 g/mol. The fourth-order valence-electron chi connectivity index (χ4n) is 5.94. The molecule has 0 aliphatic carbocycles. The van der Waals surface area contributed by atoms with E-state index in [1.165, 1.54) is 30.3 Å². The molecule has 0 aromatic heterocycles. The zero-order valence-electron chi connectivity index (χ0n) is 24.7. The summed E-state index contributed by atoms with van der Waals surface area (Å²) in [6.07, 6.45) is 0. The Balaban J connectivity index is 1.11. The van der Waals surface area contributed by atoms with Crippen molar-refractivity contribution >= 4 is 17.8 Å². The fourth-order valence-corrected chi connectivity index (χ4v) is 5.94. The van der Waals surface area contributed by atoms with E-state index in [4.69, 9.17) is 9.47 Å². The summed E-state index contributed by atoms with van der Waals surface area (Å²) >= 11 is 0. The van der Waals surface area contributed by atoms with Crippen LogP contribution in [0.15, 0.2) is 103 Å². The van der Waals surface area contributed by atoms with Gasteiger partial charge in [-0.05, 0) is 66.6 Å². The lowest BCUT2D eigenvalue weighted by Gasteiger charge is -2.36. The van der Waals surface area contributed by atoms with Crippen molar-refractivity contribution in [2.75, 3.05) is 0 Å². The number of phenols is 2. The molecule has 0 unspecified atom stereocenters. The smallest absolute Gasteiger partial charge is 0.340 e. The van der Waals surface area contributed by atoms with Gasteiger partial charge in [0.25, 0.3) is 11.8 Å². The molecule has 2 aliphatic heterocycles. The summed E-state index contributed by atoms with van der Waals surface area (Å²) in [5.74, 6) is -0.799. The van der Waals surface area contributed by atoms with E-state index in [0.29, 0.717) is 28.8 Å². The summed E-state index contributed by atoms with van der Waals surface area (Å²) in [5.41, 5.74) is 3.89. The van der Waals surface area contributed by atoms with Gasteiger partial charge in [0.1, 0.15) is 23.0 Å². The molecule has 2 amide bonds. The molecule has 0 radical (unpaired) electrons. The van der Waals surface area contributed by atoms with Gasteiger partial charge in [-0.15, -0.1) is 0 Å². The molecular formula is C37H28N2O7. The molecule has 2 aliphatic rings. The maximum absolute atomic E-state index is 13.4. The molecule has 5 aromatic carbocycles. The quantitative estimate of drug-likeness (QED) is 0.177. The van der Waals surface area contributed by atoms with Crippen LogP contribution in [0.5, 0.6) is 23.0 Å². The van der Waals surface area contributed by atoms with Gasteiger partial charge in [-0.3, -0.25) is 9.59 Å². The van der Waals surface area contributed by atoms with Crippen LogP contribution in [0, 0.1) is 6.92 Å². The molecule has 228 valence electrons. The Morgan fingerprint density at radius 2 is 1.26 bits per heavy atom. The molecule has 0 atom stereocenters. The van der Waals surface area contributed by atoms with E-state index in [9.17, 15) is 24.6 Å². The van der Waals surface area contributed by atoms with E-state index in [-0.39, 0.29) is 46.6 Å². The third-order valence-corrected chi connectivity index (χ3v) is 8.25. The summed E-state index contributed by atoms with van der Waals surface area (Å²) in [7, 11) is 0. The number of esters is 1. The molecule has 0 saturated carbocycles. The Hall–Kier alpha value is -6.09. The van der Waals surface area contributed by atoms with Crippen LogP contribution in [0.25, 0.3) is 0 Å². The van der Waals surface area contributed by atoms with Gasteiger partial charge in [0.05, 0.1) is 5.56 Å². The van der Waals surface area contributed by atoms with Crippen LogP contribution < -0.4 is 15.4 Å². The van der Waals surface area contributed by atoms with Crippen molar-refractivity contribution in [3.05, 3.63) is 153 Å². The van der Waals surface area contributed by atoms with Crippen molar-refractivity contribution in [2.45, 2.75) is 25.6 Å². The third-order valence-electron chi connectivity index (χ3n) is 8.25.